The third-order valence-corrected chi connectivity index (χ3v) is 4.48. The number of methoxy groups -OCH3 is 1. The van der Waals surface area contributed by atoms with Crippen LogP contribution in [0.2, 0.25) is 0 Å². The van der Waals surface area contributed by atoms with Crippen molar-refractivity contribution in [1.29, 1.82) is 0 Å². The minimum Gasteiger partial charge on any atom is -0.465 e. The Morgan fingerprint density at radius 3 is 2.78 bits per heavy atom. The van der Waals surface area contributed by atoms with Crippen LogP contribution in [0.1, 0.15) is 15.2 Å². The van der Waals surface area contributed by atoms with Crippen molar-refractivity contribution in [2.45, 2.75) is 6.92 Å². The number of hydrogen-bond acceptors (Lipinski definition) is 4. The number of carbonyl (C=O) groups is 1. The molecule has 0 aliphatic carbocycles. The van der Waals surface area contributed by atoms with Crippen LogP contribution in [0.4, 0.5) is 5.69 Å². The zero-order chi connectivity index (χ0) is 13.3. The average molecular weight is 326 g/mol. The van der Waals surface area contributed by atoms with Crippen molar-refractivity contribution in [3.63, 3.8) is 0 Å². The molecule has 0 bridgehead atoms. The molecule has 2 aromatic rings. The van der Waals surface area contributed by atoms with Gasteiger partial charge in [-0.25, -0.2) is 4.79 Å². The highest BCUT2D eigenvalue weighted by Gasteiger charge is 2.19. The first kappa shape index (κ1) is 13.1. The molecule has 0 atom stereocenters. The zero-order valence-corrected chi connectivity index (χ0v) is 12.4. The number of esters is 1. The number of thiophene rings is 1. The van der Waals surface area contributed by atoms with E-state index in [0.717, 1.165) is 20.5 Å². The molecule has 0 aliphatic rings. The van der Waals surface area contributed by atoms with Crippen LogP contribution in [-0.2, 0) is 4.74 Å². The van der Waals surface area contributed by atoms with Crippen molar-refractivity contribution < 1.29 is 9.53 Å². The predicted octanol–water partition coefficient (Wildman–Crippen LogP) is 3.85. The number of halogens is 1. The van der Waals surface area contributed by atoms with E-state index in [0.29, 0.717) is 10.6 Å². The van der Waals surface area contributed by atoms with Crippen molar-refractivity contribution in [2.75, 3.05) is 12.8 Å². The maximum absolute atomic E-state index is 11.6. The van der Waals surface area contributed by atoms with Gasteiger partial charge in [0.05, 0.1) is 12.8 Å². The van der Waals surface area contributed by atoms with E-state index in [9.17, 15) is 4.79 Å². The molecular formula is C13H12BrNO2S. The maximum Gasteiger partial charge on any atom is 0.350 e. The quantitative estimate of drug-likeness (QED) is 0.853. The molecule has 0 saturated carbocycles. The molecule has 2 N–H and O–H groups in total. The van der Waals surface area contributed by atoms with Crippen LogP contribution < -0.4 is 5.73 Å². The highest BCUT2D eigenvalue weighted by molar-refractivity contribution is 9.10. The van der Waals surface area contributed by atoms with Gasteiger partial charge in [-0.1, -0.05) is 28.1 Å². The van der Waals surface area contributed by atoms with Crippen molar-refractivity contribution in [3.8, 4) is 10.4 Å². The highest BCUT2D eigenvalue weighted by atomic mass is 79.9. The number of nitrogen functional groups attached to an aromatic ring is 1. The van der Waals surface area contributed by atoms with Gasteiger partial charge in [0.25, 0.3) is 0 Å². The first-order valence-corrected chi connectivity index (χ1v) is 6.88. The van der Waals surface area contributed by atoms with Crippen LogP contribution >= 0.6 is 27.3 Å². The third kappa shape index (κ3) is 2.28. The Balaban J connectivity index is 2.56. The van der Waals surface area contributed by atoms with Gasteiger partial charge in [-0.15, -0.1) is 11.3 Å². The molecule has 3 nitrogen and oxygen atoms in total. The normalized spacial score (nSPS) is 10.4. The molecule has 0 amide bonds. The minimum absolute atomic E-state index is 0.387. The summed E-state index contributed by atoms with van der Waals surface area (Å²) in [7, 11) is 1.36. The lowest BCUT2D eigenvalue weighted by atomic mass is 10.1. The van der Waals surface area contributed by atoms with E-state index in [1.807, 2.05) is 31.2 Å². The third-order valence-electron chi connectivity index (χ3n) is 2.65. The lowest BCUT2D eigenvalue weighted by Crippen LogP contribution is -2.01. The molecule has 18 heavy (non-hydrogen) atoms. The Kier molecular flexibility index (Phi) is 3.73. The Bertz CT molecular complexity index is 607. The number of anilines is 1. The van der Waals surface area contributed by atoms with E-state index < -0.39 is 0 Å². The Morgan fingerprint density at radius 1 is 1.44 bits per heavy atom. The fourth-order valence-electron chi connectivity index (χ4n) is 1.68. The molecule has 0 fully saturated rings. The molecule has 1 aromatic carbocycles. The largest absolute Gasteiger partial charge is 0.465 e. The summed E-state index contributed by atoms with van der Waals surface area (Å²) in [6.07, 6.45) is 0. The van der Waals surface area contributed by atoms with Gasteiger partial charge in [0.2, 0.25) is 0 Å². The van der Waals surface area contributed by atoms with Gasteiger partial charge in [0.15, 0.2) is 0 Å². The first-order chi connectivity index (χ1) is 8.54. The van der Waals surface area contributed by atoms with E-state index >= 15 is 0 Å². The van der Waals surface area contributed by atoms with E-state index in [1.54, 1.807) is 0 Å². The molecule has 1 aromatic heterocycles. The average Bonchev–Trinajstić information content (AvgIpc) is 2.66. The van der Waals surface area contributed by atoms with Gasteiger partial charge in [-0.2, -0.15) is 0 Å². The van der Waals surface area contributed by atoms with E-state index in [-0.39, 0.29) is 5.97 Å². The maximum atomic E-state index is 11.6. The van der Waals surface area contributed by atoms with Crippen molar-refractivity contribution in [1.82, 2.24) is 0 Å². The molecule has 5 heteroatoms. The van der Waals surface area contributed by atoms with Gasteiger partial charge in [-0.3, -0.25) is 0 Å². The Hall–Kier alpha value is -1.33. The molecule has 1 heterocycles. The summed E-state index contributed by atoms with van der Waals surface area (Å²) in [6, 6.07) is 7.90. The van der Waals surface area contributed by atoms with E-state index in [2.05, 4.69) is 15.9 Å². The van der Waals surface area contributed by atoms with E-state index in [4.69, 9.17) is 10.5 Å². The molecular weight excluding hydrogens is 314 g/mol. The summed E-state index contributed by atoms with van der Waals surface area (Å²) < 4.78 is 5.72. The fourth-order valence-corrected chi connectivity index (χ4v) is 3.22. The van der Waals surface area contributed by atoms with Crippen LogP contribution in [0, 0.1) is 6.92 Å². The van der Waals surface area contributed by atoms with Crippen molar-refractivity contribution in [2.24, 2.45) is 0 Å². The number of carbonyl (C=O) groups excluding carboxylic acids is 1. The topological polar surface area (TPSA) is 52.3 Å². The second kappa shape index (κ2) is 5.12. The lowest BCUT2D eigenvalue weighted by molar-refractivity contribution is 0.0607. The van der Waals surface area contributed by atoms with E-state index in [1.165, 1.54) is 18.4 Å². The smallest absolute Gasteiger partial charge is 0.350 e. The highest BCUT2D eigenvalue weighted by Crippen LogP contribution is 2.39. The van der Waals surface area contributed by atoms with Gasteiger partial charge in [0.1, 0.15) is 4.88 Å². The molecule has 0 spiro atoms. The van der Waals surface area contributed by atoms with Crippen LogP contribution in [0.3, 0.4) is 0 Å². The van der Waals surface area contributed by atoms with Gasteiger partial charge in [0, 0.05) is 9.35 Å². The molecule has 2 rings (SSSR count). The number of benzene rings is 1. The summed E-state index contributed by atoms with van der Waals surface area (Å²) in [6.45, 7) is 1.91. The van der Waals surface area contributed by atoms with Gasteiger partial charge in [-0.05, 0) is 30.2 Å². The molecule has 0 unspecified atom stereocenters. The van der Waals surface area contributed by atoms with Crippen LogP contribution in [0.15, 0.2) is 28.7 Å². The van der Waals surface area contributed by atoms with Crippen molar-refractivity contribution >= 4 is 38.9 Å². The summed E-state index contributed by atoms with van der Waals surface area (Å²) in [4.78, 5) is 13.1. The molecule has 0 aliphatic heterocycles. The number of nitrogens with two attached hydrogens (primary N) is 1. The lowest BCUT2D eigenvalue weighted by Gasteiger charge is -2.00. The van der Waals surface area contributed by atoms with Gasteiger partial charge < -0.3 is 10.5 Å². The van der Waals surface area contributed by atoms with Crippen LogP contribution in [0.25, 0.3) is 10.4 Å². The van der Waals surface area contributed by atoms with Gasteiger partial charge >= 0.3 is 5.97 Å². The zero-order valence-electron chi connectivity index (χ0n) is 9.99. The first-order valence-electron chi connectivity index (χ1n) is 5.27. The number of rotatable bonds is 2. The summed E-state index contributed by atoms with van der Waals surface area (Å²) >= 11 is 4.79. The molecule has 0 saturated heterocycles. The monoisotopic (exact) mass is 325 g/mol. The SMILES string of the molecule is COC(=O)c1sc(-c2cccc(Br)c2)c(C)c1N. The second-order valence-corrected chi connectivity index (χ2v) is 5.74. The number of ether oxygens (including phenoxy) is 1. The number of hydrogen-bond donors (Lipinski definition) is 1. The second-order valence-electron chi connectivity index (χ2n) is 3.80. The Morgan fingerprint density at radius 2 is 2.17 bits per heavy atom. The Labute approximate surface area is 118 Å². The summed E-state index contributed by atoms with van der Waals surface area (Å²) in [5.74, 6) is -0.387. The predicted molar refractivity (Wildman–Crippen MR) is 77.9 cm³/mol. The minimum atomic E-state index is -0.387. The fraction of sp³-hybridized carbons (Fsp3) is 0.154. The van der Waals surface area contributed by atoms with Crippen molar-refractivity contribution in [3.05, 3.63) is 39.2 Å². The molecule has 0 radical (unpaired) electrons. The van der Waals surface area contributed by atoms with Crippen LogP contribution in [0.5, 0.6) is 0 Å². The standard InChI is InChI=1S/C13H12BrNO2S/c1-7-10(15)12(13(16)17-2)18-11(7)8-4-3-5-9(14)6-8/h3-6H,15H2,1-2H3. The summed E-state index contributed by atoms with van der Waals surface area (Å²) in [5, 5.41) is 0. The molecule has 94 valence electrons. The summed E-state index contributed by atoms with van der Waals surface area (Å²) in [5.41, 5.74) is 8.41. The van der Waals surface area contributed by atoms with Crippen LogP contribution in [-0.4, -0.2) is 13.1 Å².